The normalized spacial score (nSPS) is 12.5. The minimum atomic E-state index is -0.231. The van der Waals surface area contributed by atoms with Crippen LogP contribution < -0.4 is 5.32 Å². The molecule has 0 fully saturated rings. The Morgan fingerprint density at radius 1 is 1.56 bits per heavy atom. The van der Waals surface area contributed by atoms with Gasteiger partial charge in [-0.2, -0.15) is 5.10 Å². The van der Waals surface area contributed by atoms with Crippen LogP contribution in [0.25, 0.3) is 0 Å². The fraction of sp³-hybridized carbons (Fsp3) is 0.667. The van der Waals surface area contributed by atoms with Gasteiger partial charge in [0.25, 0.3) is 0 Å². The van der Waals surface area contributed by atoms with E-state index in [1.54, 1.807) is 4.68 Å². The van der Waals surface area contributed by atoms with Crippen molar-refractivity contribution in [1.82, 2.24) is 15.1 Å². The second-order valence-corrected chi connectivity index (χ2v) is 4.19. The molecule has 4 heteroatoms. The highest BCUT2D eigenvalue weighted by atomic mass is 16.2. The van der Waals surface area contributed by atoms with E-state index >= 15 is 0 Å². The molecule has 16 heavy (non-hydrogen) atoms. The van der Waals surface area contributed by atoms with Gasteiger partial charge < -0.3 is 5.32 Å². The van der Waals surface area contributed by atoms with Gasteiger partial charge >= 0.3 is 0 Å². The molecule has 1 amide bonds. The van der Waals surface area contributed by atoms with Crippen LogP contribution in [0.5, 0.6) is 0 Å². The standard InChI is InChI=1S/C12H21N3O/c1-5-6-7-13-12(16)11(4)15-10(3)8-9(2)14-15/h8,11H,5-7H2,1-4H3,(H,13,16). The number of nitrogens with one attached hydrogen (secondary N) is 1. The monoisotopic (exact) mass is 223 g/mol. The van der Waals surface area contributed by atoms with E-state index in [0.717, 1.165) is 30.8 Å². The Morgan fingerprint density at radius 2 is 2.25 bits per heavy atom. The van der Waals surface area contributed by atoms with Crippen molar-refractivity contribution in [3.8, 4) is 0 Å². The molecule has 0 radical (unpaired) electrons. The van der Waals surface area contributed by atoms with Crippen molar-refractivity contribution in [3.05, 3.63) is 17.5 Å². The van der Waals surface area contributed by atoms with Crippen molar-refractivity contribution in [1.29, 1.82) is 0 Å². The van der Waals surface area contributed by atoms with Gasteiger partial charge in [-0.3, -0.25) is 9.48 Å². The molecular weight excluding hydrogens is 202 g/mol. The predicted octanol–water partition coefficient (Wildman–Crippen LogP) is 1.98. The Labute approximate surface area is 97.0 Å². The van der Waals surface area contributed by atoms with E-state index in [1.165, 1.54) is 0 Å². The highest BCUT2D eigenvalue weighted by Gasteiger charge is 2.16. The van der Waals surface area contributed by atoms with Gasteiger partial charge in [0.1, 0.15) is 6.04 Å². The summed E-state index contributed by atoms with van der Waals surface area (Å²) >= 11 is 0. The largest absolute Gasteiger partial charge is 0.354 e. The quantitative estimate of drug-likeness (QED) is 0.776. The van der Waals surface area contributed by atoms with E-state index in [-0.39, 0.29) is 11.9 Å². The summed E-state index contributed by atoms with van der Waals surface area (Å²) in [5, 5.41) is 7.23. The third-order valence-electron chi connectivity index (χ3n) is 2.62. The molecule has 1 atom stereocenters. The van der Waals surface area contributed by atoms with Crippen molar-refractivity contribution < 1.29 is 4.79 Å². The summed E-state index contributed by atoms with van der Waals surface area (Å²) in [5.74, 6) is 0.0413. The summed E-state index contributed by atoms with van der Waals surface area (Å²) in [6, 6.07) is 1.75. The van der Waals surface area contributed by atoms with Crippen LogP contribution in [-0.2, 0) is 4.79 Å². The molecule has 0 saturated carbocycles. The first-order valence-electron chi connectivity index (χ1n) is 5.86. The molecule has 0 saturated heterocycles. The number of carbonyl (C=O) groups excluding carboxylic acids is 1. The number of aromatic nitrogens is 2. The molecule has 0 bridgehead atoms. The molecule has 1 aromatic rings. The number of nitrogens with zero attached hydrogens (tertiary/aromatic N) is 2. The second-order valence-electron chi connectivity index (χ2n) is 4.19. The van der Waals surface area contributed by atoms with Gasteiger partial charge in [0.2, 0.25) is 5.91 Å². The number of hydrogen-bond acceptors (Lipinski definition) is 2. The molecule has 90 valence electrons. The van der Waals surface area contributed by atoms with Crippen LogP contribution in [0.15, 0.2) is 6.07 Å². The molecule has 1 aromatic heterocycles. The Hall–Kier alpha value is -1.32. The zero-order valence-electron chi connectivity index (χ0n) is 10.6. The molecule has 1 N–H and O–H groups in total. The van der Waals surface area contributed by atoms with Crippen molar-refractivity contribution in [3.63, 3.8) is 0 Å². The molecular formula is C12H21N3O. The topological polar surface area (TPSA) is 46.9 Å². The number of hydrogen-bond donors (Lipinski definition) is 1. The third-order valence-corrected chi connectivity index (χ3v) is 2.62. The van der Waals surface area contributed by atoms with Gasteiger partial charge in [0, 0.05) is 12.2 Å². The fourth-order valence-electron chi connectivity index (χ4n) is 1.69. The van der Waals surface area contributed by atoms with E-state index < -0.39 is 0 Å². The number of rotatable bonds is 5. The van der Waals surface area contributed by atoms with Gasteiger partial charge in [0.05, 0.1) is 5.69 Å². The summed E-state index contributed by atoms with van der Waals surface area (Å²) in [6.07, 6.45) is 2.12. The van der Waals surface area contributed by atoms with E-state index in [0.29, 0.717) is 0 Å². The van der Waals surface area contributed by atoms with Crippen LogP contribution >= 0.6 is 0 Å². The average Bonchev–Trinajstić information content (AvgIpc) is 2.57. The summed E-state index contributed by atoms with van der Waals surface area (Å²) < 4.78 is 1.77. The minimum Gasteiger partial charge on any atom is -0.354 e. The molecule has 1 heterocycles. The van der Waals surface area contributed by atoms with Crippen molar-refractivity contribution >= 4 is 5.91 Å². The lowest BCUT2D eigenvalue weighted by molar-refractivity contribution is -0.124. The van der Waals surface area contributed by atoms with Gasteiger partial charge in [-0.05, 0) is 33.3 Å². The van der Waals surface area contributed by atoms with Crippen LogP contribution in [0.3, 0.4) is 0 Å². The molecule has 0 aliphatic carbocycles. The lowest BCUT2D eigenvalue weighted by Gasteiger charge is -2.14. The van der Waals surface area contributed by atoms with Crippen LogP contribution in [0, 0.1) is 13.8 Å². The van der Waals surface area contributed by atoms with Gasteiger partial charge in [0.15, 0.2) is 0 Å². The zero-order chi connectivity index (χ0) is 12.1. The van der Waals surface area contributed by atoms with E-state index in [1.807, 2.05) is 26.8 Å². The van der Waals surface area contributed by atoms with Crippen LogP contribution in [0.4, 0.5) is 0 Å². The van der Waals surface area contributed by atoms with E-state index in [9.17, 15) is 4.79 Å². The first kappa shape index (κ1) is 12.7. The SMILES string of the molecule is CCCCNC(=O)C(C)n1nc(C)cc1C. The van der Waals surface area contributed by atoms with E-state index in [4.69, 9.17) is 0 Å². The van der Waals surface area contributed by atoms with Gasteiger partial charge in [-0.15, -0.1) is 0 Å². The molecule has 0 aliphatic heterocycles. The van der Waals surface area contributed by atoms with Crippen LogP contribution in [-0.4, -0.2) is 22.2 Å². The third kappa shape index (κ3) is 3.08. The predicted molar refractivity (Wildman–Crippen MR) is 64.3 cm³/mol. The Balaban J connectivity index is 2.59. The molecule has 0 aromatic carbocycles. The fourth-order valence-corrected chi connectivity index (χ4v) is 1.69. The number of carbonyl (C=O) groups is 1. The molecule has 0 aliphatic rings. The van der Waals surface area contributed by atoms with Crippen LogP contribution in [0.1, 0.15) is 44.1 Å². The molecule has 0 spiro atoms. The summed E-state index contributed by atoms with van der Waals surface area (Å²) in [4.78, 5) is 11.8. The zero-order valence-corrected chi connectivity index (χ0v) is 10.6. The summed E-state index contributed by atoms with van der Waals surface area (Å²) in [5.41, 5.74) is 1.97. The minimum absolute atomic E-state index is 0.0413. The van der Waals surface area contributed by atoms with Gasteiger partial charge in [-0.1, -0.05) is 13.3 Å². The Bertz CT molecular complexity index is 357. The molecule has 1 rings (SSSR count). The van der Waals surface area contributed by atoms with Gasteiger partial charge in [-0.25, -0.2) is 0 Å². The first-order valence-corrected chi connectivity index (χ1v) is 5.86. The Kier molecular flexibility index (Phi) is 4.52. The van der Waals surface area contributed by atoms with E-state index in [2.05, 4.69) is 17.3 Å². The Morgan fingerprint density at radius 3 is 2.75 bits per heavy atom. The van der Waals surface area contributed by atoms with Crippen molar-refractivity contribution in [2.45, 2.75) is 46.6 Å². The highest BCUT2D eigenvalue weighted by Crippen LogP contribution is 2.10. The highest BCUT2D eigenvalue weighted by molar-refractivity contribution is 5.79. The van der Waals surface area contributed by atoms with Crippen molar-refractivity contribution in [2.24, 2.45) is 0 Å². The summed E-state index contributed by atoms with van der Waals surface area (Å²) in [7, 11) is 0. The van der Waals surface area contributed by atoms with Crippen molar-refractivity contribution in [2.75, 3.05) is 6.54 Å². The maximum absolute atomic E-state index is 11.8. The second kappa shape index (κ2) is 5.68. The molecule has 4 nitrogen and oxygen atoms in total. The average molecular weight is 223 g/mol. The molecule has 1 unspecified atom stereocenters. The maximum Gasteiger partial charge on any atom is 0.244 e. The maximum atomic E-state index is 11.8. The number of aryl methyl sites for hydroxylation is 2. The smallest absolute Gasteiger partial charge is 0.244 e. The first-order chi connectivity index (χ1) is 7.56. The number of unbranched alkanes of at least 4 members (excludes halogenated alkanes) is 1. The summed E-state index contributed by atoms with van der Waals surface area (Å²) in [6.45, 7) is 8.64. The van der Waals surface area contributed by atoms with Crippen LogP contribution in [0.2, 0.25) is 0 Å². The lowest BCUT2D eigenvalue weighted by Crippen LogP contribution is -2.32. The number of amides is 1. The lowest BCUT2D eigenvalue weighted by atomic mass is 10.3.